The van der Waals surface area contributed by atoms with E-state index in [1.807, 2.05) is 18.2 Å². The molecule has 0 spiro atoms. The summed E-state index contributed by atoms with van der Waals surface area (Å²) in [4.78, 5) is 2.17. The minimum atomic E-state index is -1.15. The SMILES string of the molecule is OCC(O)C(O)c1cccc(N2CCOCC2)c1. The number of aliphatic hydroxyl groups excluding tert-OH is 3. The first-order valence-electron chi connectivity index (χ1n) is 6.12. The summed E-state index contributed by atoms with van der Waals surface area (Å²) < 4.78 is 5.29. The predicted molar refractivity (Wildman–Crippen MR) is 67.5 cm³/mol. The molecule has 1 aliphatic rings. The number of rotatable bonds is 4. The number of aliphatic hydroxyl groups is 3. The zero-order valence-corrected chi connectivity index (χ0v) is 10.2. The van der Waals surface area contributed by atoms with Crippen LogP contribution in [0.25, 0.3) is 0 Å². The van der Waals surface area contributed by atoms with Crippen LogP contribution in [0.5, 0.6) is 0 Å². The van der Waals surface area contributed by atoms with Crippen molar-refractivity contribution in [3.8, 4) is 0 Å². The van der Waals surface area contributed by atoms with Gasteiger partial charge >= 0.3 is 0 Å². The van der Waals surface area contributed by atoms with Crippen molar-refractivity contribution in [2.45, 2.75) is 12.2 Å². The molecule has 100 valence electrons. The third-order valence-electron chi connectivity index (χ3n) is 3.14. The third kappa shape index (κ3) is 3.00. The standard InChI is InChI=1S/C13H19NO4/c15-9-12(16)13(17)10-2-1-3-11(8-10)14-4-6-18-7-5-14/h1-3,8,12-13,15-17H,4-7,9H2. The summed E-state index contributed by atoms with van der Waals surface area (Å²) in [6.45, 7) is 2.59. The lowest BCUT2D eigenvalue weighted by molar-refractivity contribution is -0.0152. The average molecular weight is 253 g/mol. The molecule has 0 saturated carbocycles. The quantitative estimate of drug-likeness (QED) is 0.699. The van der Waals surface area contributed by atoms with E-state index in [9.17, 15) is 10.2 Å². The van der Waals surface area contributed by atoms with Crippen LogP contribution in [0.3, 0.4) is 0 Å². The number of morpholine rings is 1. The molecule has 2 atom stereocenters. The van der Waals surface area contributed by atoms with Gasteiger partial charge in [-0.15, -0.1) is 0 Å². The molecule has 1 aromatic carbocycles. The first-order valence-corrected chi connectivity index (χ1v) is 6.12. The monoisotopic (exact) mass is 253 g/mol. The molecule has 18 heavy (non-hydrogen) atoms. The first-order chi connectivity index (χ1) is 8.72. The summed E-state index contributed by atoms with van der Waals surface area (Å²) in [5.41, 5.74) is 1.61. The van der Waals surface area contributed by atoms with Crippen LogP contribution in [0.4, 0.5) is 5.69 Å². The van der Waals surface area contributed by atoms with Gasteiger partial charge < -0.3 is 25.0 Å². The van der Waals surface area contributed by atoms with Gasteiger partial charge in [0.05, 0.1) is 19.8 Å². The van der Waals surface area contributed by atoms with Crippen molar-refractivity contribution in [2.24, 2.45) is 0 Å². The second-order valence-electron chi connectivity index (χ2n) is 4.39. The number of ether oxygens (including phenoxy) is 1. The molecule has 0 amide bonds. The Kier molecular flexibility index (Phi) is 4.54. The maximum atomic E-state index is 9.86. The fraction of sp³-hybridized carbons (Fsp3) is 0.538. The minimum absolute atomic E-state index is 0.455. The summed E-state index contributed by atoms with van der Waals surface area (Å²) in [6.07, 6.45) is -2.21. The second kappa shape index (κ2) is 6.15. The Morgan fingerprint density at radius 1 is 1.22 bits per heavy atom. The highest BCUT2D eigenvalue weighted by atomic mass is 16.5. The zero-order chi connectivity index (χ0) is 13.0. The number of anilines is 1. The molecule has 0 bridgehead atoms. The molecule has 2 unspecified atom stereocenters. The Bertz CT molecular complexity index is 362. The fourth-order valence-corrected chi connectivity index (χ4v) is 2.05. The van der Waals surface area contributed by atoms with E-state index in [-0.39, 0.29) is 0 Å². The number of nitrogens with zero attached hydrogens (tertiary/aromatic N) is 1. The van der Waals surface area contributed by atoms with Gasteiger partial charge in [-0.3, -0.25) is 0 Å². The van der Waals surface area contributed by atoms with Gasteiger partial charge in [-0.1, -0.05) is 12.1 Å². The third-order valence-corrected chi connectivity index (χ3v) is 3.14. The Morgan fingerprint density at radius 2 is 1.94 bits per heavy atom. The molecule has 5 heteroatoms. The lowest BCUT2D eigenvalue weighted by Crippen LogP contribution is -2.36. The Balaban J connectivity index is 2.13. The summed E-state index contributed by atoms with van der Waals surface area (Å²) in [5.74, 6) is 0. The predicted octanol–water partition coefficient (Wildman–Crippen LogP) is -0.0902. The Labute approximate surface area is 106 Å². The highest BCUT2D eigenvalue weighted by Crippen LogP contribution is 2.23. The summed E-state index contributed by atoms with van der Waals surface area (Å²) in [6, 6.07) is 7.39. The minimum Gasteiger partial charge on any atom is -0.394 e. The van der Waals surface area contributed by atoms with Crippen LogP contribution in [0.1, 0.15) is 11.7 Å². The zero-order valence-electron chi connectivity index (χ0n) is 10.2. The summed E-state index contributed by atoms with van der Waals surface area (Å²) in [5, 5.41) is 28.2. The Hall–Kier alpha value is -1.14. The lowest BCUT2D eigenvalue weighted by Gasteiger charge is -2.29. The van der Waals surface area contributed by atoms with Crippen molar-refractivity contribution in [3.63, 3.8) is 0 Å². The number of hydrogen-bond acceptors (Lipinski definition) is 5. The van der Waals surface area contributed by atoms with E-state index in [0.29, 0.717) is 18.8 Å². The van der Waals surface area contributed by atoms with Crippen molar-refractivity contribution in [1.82, 2.24) is 0 Å². The van der Waals surface area contributed by atoms with Crippen molar-refractivity contribution >= 4 is 5.69 Å². The molecule has 0 aromatic heterocycles. The van der Waals surface area contributed by atoms with Gasteiger partial charge in [0.1, 0.15) is 12.2 Å². The van der Waals surface area contributed by atoms with Crippen LogP contribution in [0.15, 0.2) is 24.3 Å². The van der Waals surface area contributed by atoms with Crippen molar-refractivity contribution in [1.29, 1.82) is 0 Å². The van der Waals surface area contributed by atoms with Gasteiger partial charge in [-0.25, -0.2) is 0 Å². The molecule has 3 N–H and O–H groups in total. The first kappa shape index (κ1) is 13.3. The van der Waals surface area contributed by atoms with Crippen molar-refractivity contribution in [3.05, 3.63) is 29.8 Å². The van der Waals surface area contributed by atoms with E-state index < -0.39 is 18.8 Å². The second-order valence-corrected chi connectivity index (χ2v) is 4.39. The lowest BCUT2D eigenvalue weighted by atomic mass is 10.0. The number of hydrogen-bond donors (Lipinski definition) is 3. The maximum absolute atomic E-state index is 9.86. The largest absolute Gasteiger partial charge is 0.394 e. The summed E-state index contributed by atoms with van der Waals surface area (Å²) in [7, 11) is 0. The van der Waals surface area contributed by atoms with Gasteiger partial charge in [0.2, 0.25) is 0 Å². The molecule has 1 aliphatic heterocycles. The molecule has 0 aliphatic carbocycles. The number of benzene rings is 1. The van der Waals surface area contributed by atoms with E-state index in [1.54, 1.807) is 6.07 Å². The molecule has 1 heterocycles. The topological polar surface area (TPSA) is 73.2 Å². The normalized spacial score (nSPS) is 19.6. The highest BCUT2D eigenvalue weighted by Gasteiger charge is 2.19. The molecule has 1 aromatic rings. The van der Waals surface area contributed by atoms with Crippen molar-refractivity contribution in [2.75, 3.05) is 37.8 Å². The molecular formula is C13H19NO4. The molecule has 0 radical (unpaired) electrons. The van der Waals surface area contributed by atoms with Gasteiger partial charge in [0.25, 0.3) is 0 Å². The van der Waals surface area contributed by atoms with Gasteiger partial charge in [-0.05, 0) is 17.7 Å². The van der Waals surface area contributed by atoms with Crippen LogP contribution in [0.2, 0.25) is 0 Å². The van der Waals surface area contributed by atoms with Crippen molar-refractivity contribution < 1.29 is 20.1 Å². The van der Waals surface area contributed by atoms with E-state index in [1.165, 1.54) is 0 Å². The molecule has 5 nitrogen and oxygen atoms in total. The van der Waals surface area contributed by atoms with Gasteiger partial charge in [0, 0.05) is 18.8 Å². The fourth-order valence-electron chi connectivity index (χ4n) is 2.05. The van der Waals surface area contributed by atoms with Gasteiger partial charge in [-0.2, -0.15) is 0 Å². The van der Waals surface area contributed by atoms with Crippen LogP contribution in [-0.4, -0.2) is 54.3 Å². The van der Waals surface area contributed by atoms with E-state index >= 15 is 0 Å². The molecule has 1 fully saturated rings. The summed E-state index contributed by atoms with van der Waals surface area (Å²) >= 11 is 0. The van der Waals surface area contributed by atoms with Crippen LogP contribution in [-0.2, 0) is 4.74 Å². The average Bonchev–Trinajstić information content (AvgIpc) is 2.46. The molecular weight excluding hydrogens is 234 g/mol. The van der Waals surface area contributed by atoms with E-state index in [0.717, 1.165) is 18.8 Å². The van der Waals surface area contributed by atoms with E-state index in [4.69, 9.17) is 9.84 Å². The molecule has 2 rings (SSSR count). The van der Waals surface area contributed by atoms with Crippen LogP contribution in [0, 0.1) is 0 Å². The smallest absolute Gasteiger partial charge is 0.107 e. The highest BCUT2D eigenvalue weighted by molar-refractivity contribution is 5.49. The van der Waals surface area contributed by atoms with Crippen LogP contribution >= 0.6 is 0 Å². The van der Waals surface area contributed by atoms with Gasteiger partial charge in [0.15, 0.2) is 0 Å². The van der Waals surface area contributed by atoms with E-state index in [2.05, 4.69) is 4.90 Å². The van der Waals surface area contributed by atoms with Crippen LogP contribution < -0.4 is 4.90 Å². The molecule has 1 saturated heterocycles. The Morgan fingerprint density at radius 3 is 2.61 bits per heavy atom. The maximum Gasteiger partial charge on any atom is 0.107 e.